The number of imidazole rings is 1. The van der Waals surface area contributed by atoms with E-state index < -0.39 is 0 Å². The molecule has 16 heavy (non-hydrogen) atoms. The minimum Gasteiger partial charge on any atom is -0.380 e. The predicted octanol–water partition coefficient (Wildman–Crippen LogP) is 1.79. The number of para-hydroxylation sites is 1. The minimum absolute atomic E-state index is 0.00275. The van der Waals surface area contributed by atoms with Gasteiger partial charge < -0.3 is 15.0 Å². The molecular weight excluding hydrogens is 209 g/mol. The highest BCUT2D eigenvalue weighted by Crippen LogP contribution is 2.20. The highest BCUT2D eigenvalue weighted by Gasteiger charge is 2.13. The average molecular weight is 223 g/mol. The van der Waals surface area contributed by atoms with E-state index in [1.165, 1.54) is 6.07 Å². The molecular formula is C11H14FN3O. The van der Waals surface area contributed by atoms with Crippen LogP contribution in [0.1, 0.15) is 6.92 Å². The molecule has 0 spiro atoms. The standard InChI is InChI=1S/C11H14FN3O/c1-7(16-2)6-15-9-5-3-4-8(12)10(9)14-11(15)13/h3-5,7H,6H2,1-2H3,(H2,13,14). The number of methoxy groups -OCH3 is 1. The van der Waals surface area contributed by atoms with Crippen LogP contribution in [0.25, 0.3) is 11.0 Å². The summed E-state index contributed by atoms with van der Waals surface area (Å²) in [5, 5.41) is 0. The van der Waals surface area contributed by atoms with Crippen molar-refractivity contribution in [1.82, 2.24) is 9.55 Å². The quantitative estimate of drug-likeness (QED) is 0.863. The summed E-state index contributed by atoms with van der Waals surface area (Å²) in [6, 6.07) is 4.82. The summed E-state index contributed by atoms with van der Waals surface area (Å²) in [5.41, 5.74) is 6.76. The average Bonchev–Trinajstić information content (AvgIpc) is 2.58. The Morgan fingerprint density at radius 2 is 2.31 bits per heavy atom. The van der Waals surface area contributed by atoms with Gasteiger partial charge in [-0.15, -0.1) is 0 Å². The van der Waals surface area contributed by atoms with Crippen molar-refractivity contribution in [2.45, 2.75) is 19.6 Å². The van der Waals surface area contributed by atoms with Crippen LogP contribution in [0.3, 0.4) is 0 Å². The normalized spacial score (nSPS) is 13.2. The van der Waals surface area contributed by atoms with E-state index in [2.05, 4.69) is 4.98 Å². The zero-order valence-electron chi connectivity index (χ0n) is 9.27. The number of halogens is 1. The van der Waals surface area contributed by atoms with Crippen LogP contribution >= 0.6 is 0 Å². The Kier molecular flexibility index (Phi) is 2.78. The number of anilines is 1. The van der Waals surface area contributed by atoms with Crippen molar-refractivity contribution in [3.8, 4) is 0 Å². The number of benzene rings is 1. The third-order valence-corrected chi connectivity index (χ3v) is 2.60. The summed E-state index contributed by atoms with van der Waals surface area (Å²) in [6.45, 7) is 2.48. The summed E-state index contributed by atoms with van der Waals surface area (Å²) >= 11 is 0. The van der Waals surface area contributed by atoms with Crippen LogP contribution in [0, 0.1) is 5.82 Å². The monoisotopic (exact) mass is 223 g/mol. The van der Waals surface area contributed by atoms with Gasteiger partial charge in [-0.2, -0.15) is 0 Å². The van der Waals surface area contributed by atoms with Crippen LogP contribution in [0.15, 0.2) is 18.2 Å². The lowest BCUT2D eigenvalue weighted by Crippen LogP contribution is -2.16. The summed E-state index contributed by atoms with van der Waals surface area (Å²) in [5.74, 6) is -0.0444. The summed E-state index contributed by atoms with van der Waals surface area (Å²) in [7, 11) is 1.63. The molecule has 2 aromatic rings. The molecule has 1 aromatic heterocycles. The van der Waals surface area contributed by atoms with Crippen molar-refractivity contribution in [1.29, 1.82) is 0 Å². The molecule has 0 saturated heterocycles. The SMILES string of the molecule is COC(C)Cn1c(N)nc2c(F)cccc21. The van der Waals surface area contributed by atoms with E-state index in [4.69, 9.17) is 10.5 Å². The maximum atomic E-state index is 13.4. The fourth-order valence-electron chi connectivity index (χ4n) is 1.65. The highest BCUT2D eigenvalue weighted by molar-refractivity contribution is 5.78. The van der Waals surface area contributed by atoms with Gasteiger partial charge in [-0.05, 0) is 19.1 Å². The number of nitrogen functional groups attached to an aromatic ring is 1. The number of aromatic nitrogens is 2. The van der Waals surface area contributed by atoms with Crippen LogP contribution < -0.4 is 5.73 Å². The van der Waals surface area contributed by atoms with Crippen LogP contribution in [0.4, 0.5) is 10.3 Å². The second-order valence-electron chi connectivity index (χ2n) is 3.73. The van der Waals surface area contributed by atoms with Gasteiger partial charge in [0, 0.05) is 7.11 Å². The maximum absolute atomic E-state index is 13.4. The second kappa shape index (κ2) is 4.09. The molecule has 1 atom stereocenters. The molecule has 5 heteroatoms. The molecule has 1 unspecified atom stereocenters. The number of nitrogens with zero attached hydrogens (tertiary/aromatic N) is 2. The number of hydrogen-bond donors (Lipinski definition) is 1. The largest absolute Gasteiger partial charge is 0.380 e. The number of nitrogens with two attached hydrogens (primary N) is 1. The first-order valence-electron chi connectivity index (χ1n) is 5.06. The molecule has 4 nitrogen and oxygen atoms in total. The molecule has 0 aliphatic heterocycles. The lowest BCUT2D eigenvalue weighted by molar-refractivity contribution is 0.105. The fraction of sp³-hybridized carbons (Fsp3) is 0.364. The summed E-state index contributed by atoms with van der Waals surface area (Å²) < 4.78 is 20.4. The van der Waals surface area contributed by atoms with E-state index in [1.807, 2.05) is 6.92 Å². The number of fused-ring (bicyclic) bond motifs is 1. The van der Waals surface area contributed by atoms with Crippen molar-refractivity contribution in [3.63, 3.8) is 0 Å². The third-order valence-electron chi connectivity index (χ3n) is 2.60. The molecule has 0 amide bonds. The first-order chi connectivity index (χ1) is 7.63. The molecule has 1 heterocycles. The van der Waals surface area contributed by atoms with Gasteiger partial charge in [0.25, 0.3) is 0 Å². The van der Waals surface area contributed by atoms with E-state index >= 15 is 0 Å². The minimum atomic E-state index is -0.354. The molecule has 0 aliphatic rings. The third kappa shape index (κ3) is 1.74. The van der Waals surface area contributed by atoms with Gasteiger partial charge in [-0.1, -0.05) is 6.07 Å². The molecule has 0 aliphatic carbocycles. The summed E-state index contributed by atoms with van der Waals surface area (Å²) in [4.78, 5) is 4.01. The molecule has 0 radical (unpaired) electrons. The summed E-state index contributed by atoms with van der Waals surface area (Å²) in [6.07, 6.45) is 0.00275. The fourth-order valence-corrected chi connectivity index (χ4v) is 1.65. The lowest BCUT2D eigenvalue weighted by atomic mass is 10.3. The van der Waals surface area contributed by atoms with Crippen molar-refractivity contribution in [3.05, 3.63) is 24.0 Å². The zero-order valence-corrected chi connectivity index (χ0v) is 9.27. The van der Waals surface area contributed by atoms with Crippen LogP contribution in [-0.2, 0) is 11.3 Å². The number of rotatable bonds is 3. The smallest absolute Gasteiger partial charge is 0.201 e. The van der Waals surface area contributed by atoms with E-state index in [9.17, 15) is 4.39 Å². The van der Waals surface area contributed by atoms with Crippen molar-refractivity contribution in [2.24, 2.45) is 0 Å². The Balaban J connectivity index is 2.52. The molecule has 0 bridgehead atoms. The predicted molar refractivity (Wildman–Crippen MR) is 60.6 cm³/mol. The first-order valence-corrected chi connectivity index (χ1v) is 5.06. The Morgan fingerprint density at radius 3 is 3.00 bits per heavy atom. The van der Waals surface area contributed by atoms with E-state index in [1.54, 1.807) is 23.8 Å². The van der Waals surface area contributed by atoms with Gasteiger partial charge in [0.05, 0.1) is 18.2 Å². The molecule has 86 valence electrons. The van der Waals surface area contributed by atoms with Gasteiger partial charge in [-0.3, -0.25) is 0 Å². The Labute approximate surface area is 92.8 Å². The highest BCUT2D eigenvalue weighted by atomic mass is 19.1. The first kappa shape index (κ1) is 10.9. The molecule has 1 aromatic carbocycles. The zero-order chi connectivity index (χ0) is 11.7. The Hall–Kier alpha value is -1.62. The topological polar surface area (TPSA) is 53.1 Å². The number of hydrogen-bond acceptors (Lipinski definition) is 3. The molecule has 2 N–H and O–H groups in total. The lowest BCUT2D eigenvalue weighted by Gasteiger charge is -2.12. The van der Waals surface area contributed by atoms with Crippen LogP contribution in [0.2, 0.25) is 0 Å². The Morgan fingerprint density at radius 1 is 1.56 bits per heavy atom. The van der Waals surface area contributed by atoms with Gasteiger partial charge in [0.1, 0.15) is 5.52 Å². The Bertz CT molecular complexity index is 509. The van der Waals surface area contributed by atoms with E-state index in [0.29, 0.717) is 23.5 Å². The number of ether oxygens (including phenoxy) is 1. The van der Waals surface area contributed by atoms with E-state index in [0.717, 1.165) is 0 Å². The molecule has 2 rings (SSSR count). The van der Waals surface area contributed by atoms with E-state index in [-0.39, 0.29) is 11.9 Å². The maximum Gasteiger partial charge on any atom is 0.201 e. The van der Waals surface area contributed by atoms with Gasteiger partial charge in [0.2, 0.25) is 5.95 Å². The van der Waals surface area contributed by atoms with Crippen LogP contribution in [0.5, 0.6) is 0 Å². The van der Waals surface area contributed by atoms with Crippen LogP contribution in [-0.4, -0.2) is 22.8 Å². The van der Waals surface area contributed by atoms with Crippen molar-refractivity contribution >= 4 is 17.0 Å². The van der Waals surface area contributed by atoms with Crippen molar-refractivity contribution < 1.29 is 9.13 Å². The van der Waals surface area contributed by atoms with Gasteiger partial charge >= 0.3 is 0 Å². The second-order valence-corrected chi connectivity index (χ2v) is 3.73. The van der Waals surface area contributed by atoms with Crippen molar-refractivity contribution in [2.75, 3.05) is 12.8 Å². The molecule has 0 fully saturated rings. The van der Waals surface area contributed by atoms with Gasteiger partial charge in [-0.25, -0.2) is 9.37 Å². The van der Waals surface area contributed by atoms with Gasteiger partial charge in [0.15, 0.2) is 5.82 Å². The molecule has 0 saturated carbocycles.